The van der Waals surface area contributed by atoms with Crippen LogP contribution in [0.5, 0.6) is 0 Å². The van der Waals surface area contributed by atoms with Crippen molar-refractivity contribution in [3.05, 3.63) is 71.0 Å². The van der Waals surface area contributed by atoms with Crippen LogP contribution in [0.1, 0.15) is 33.8 Å². The average molecular weight is 412 g/mol. The Labute approximate surface area is 177 Å². The predicted octanol–water partition coefficient (Wildman–Crippen LogP) is 3.06. The first-order valence-corrected chi connectivity index (χ1v) is 10.4. The van der Waals surface area contributed by atoms with Gasteiger partial charge in [-0.05, 0) is 56.8 Å². The molecule has 1 aliphatic rings. The number of halogens is 1. The smallest absolute Gasteiger partial charge is 0.253 e. The molecular weight excluding hydrogens is 381 g/mol. The van der Waals surface area contributed by atoms with Crippen molar-refractivity contribution in [1.29, 1.82) is 0 Å². The first-order valence-electron chi connectivity index (χ1n) is 10.4. The van der Waals surface area contributed by atoms with E-state index in [1.54, 1.807) is 30.0 Å². The van der Waals surface area contributed by atoms with Gasteiger partial charge in [-0.3, -0.25) is 9.59 Å². The van der Waals surface area contributed by atoms with E-state index in [2.05, 4.69) is 5.32 Å². The minimum atomic E-state index is -0.302. The Balaban J connectivity index is 1.81. The van der Waals surface area contributed by atoms with Crippen LogP contribution in [-0.2, 0) is 4.79 Å². The van der Waals surface area contributed by atoms with Gasteiger partial charge in [0.05, 0.1) is 5.92 Å². The lowest BCUT2D eigenvalue weighted by molar-refractivity contribution is -0.126. The maximum atomic E-state index is 13.8. The highest BCUT2D eigenvalue weighted by molar-refractivity contribution is 5.94. The standard InChI is InChI=1S/C24H30FN3O2/c1-17-13-19(9-10-22(17)25)20-14-21(23(29)26-11-12-27(2)3)16-28(15-20)24(30)18-7-5-4-6-8-18/h4-10,13,20-21H,11-12,14-16H2,1-3H3,(H,26,29)/t20-,21-/m0/s1. The van der Waals surface area contributed by atoms with Crippen LogP contribution in [0.25, 0.3) is 0 Å². The molecule has 3 rings (SSSR count). The molecule has 30 heavy (non-hydrogen) atoms. The Kier molecular flexibility index (Phi) is 7.21. The normalized spacial score (nSPS) is 19.0. The van der Waals surface area contributed by atoms with Crippen molar-refractivity contribution in [3.8, 4) is 0 Å². The van der Waals surface area contributed by atoms with Gasteiger partial charge in [-0.1, -0.05) is 30.3 Å². The van der Waals surface area contributed by atoms with Gasteiger partial charge in [0.15, 0.2) is 0 Å². The molecule has 160 valence electrons. The molecule has 0 spiro atoms. The fourth-order valence-electron chi connectivity index (χ4n) is 3.93. The Bertz CT molecular complexity index is 885. The molecule has 2 aromatic rings. The lowest BCUT2D eigenvalue weighted by Crippen LogP contribution is -2.48. The van der Waals surface area contributed by atoms with Crippen LogP contribution in [0.15, 0.2) is 48.5 Å². The summed E-state index contributed by atoms with van der Waals surface area (Å²) < 4.78 is 13.8. The largest absolute Gasteiger partial charge is 0.355 e. The third-order valence-corrected chi connectivity index (χ3v) is 5.64. The zero-order valence-electron chi connectivity index (χ0n) is 17.9. The van der Waals surface area contributed by atoms with Gasteiger partial charge < -0.3 is 15.1 Å². The Morgan fingerprint density at radius 1 is 1.13 bits per heavy atom. The predicted molar refractivity (Wildman–Crippen MR) is 116 cm³/mol. The van der Waals surface area contributed by atoms with Gasteiger partial charge in [0.25, 0.3) is 5.91 Å². The van der Waals surface area contributed by atoms with Gasteiger partial charge in [-0.25, -0.2) is 4.39 Å². The molecular formula is C24H30FN3O2. The van der Waals surface area contributed by atoms with Crippen molar-refractivity contribution in [2.24, 2.45) is 5.92 Å². The number of hydrogen-bond acceptors (Lipinski definition) is 3. The number of nitrogens with one attached hydrogen (secondary N) is 1. The molecule has 1 saturated heterocycles. The van der Waals surface area contributed by atoms with Gasteiger partial charge in [-0.15, -0.1) is 0 Å². The number of carbonyl (C=O) groups is 2. The summed E-state index contributed by atoms with van der Waals surface area (Å²) in [6.07, 6.45) is 0.636. The van der Waals surface area contributed by atoms with E-state index < -0.39 is 0 Å². The molecule has 2 aromatic carbocycles. The summed E-state index contributed by atoms with van der Waals surface area (Å²) >= 11 is 0. The molecule has 2 atom stereocenters. The number of amides is 2. The van der Waals surface area contributed by atoms with Crippen LogP contribution >= 0.6 is 0 Å². The van der Waals surface area contributed by atoms with E-state index >= 15 is 0 Å². The second-order valence-electron chi connectivity index (χ2n) is 8.31. The number of nitrogens with zero attached hydrogens (tertiary/aromatic N) is 2. The van der Waals surface area contributed by atoms with Crippen molar-refractivity contribution in [2.45, 2.75) is 19.3 Å². The Morgan fingerprint density at radius 3 is 2.53 bits per heavy atom. The van der Waals surface area contributed by atoms with Crippen molar-refractivity contribution < 1.29 is 14.0 Å². The number of likely N-dealkylation sites (N-methyl/N-ethyl adjacent to an activating group) is 1. The molecule has 6 heteroatoms. The zero-order chi connectivity index (χ0) is 21.7. The van der Waals surface area contributed by atoms with E-state index in [-0.39, 0.29) is 29.5 Å². The summed E-state index contributed by atoms with van der Waals surface area (Å²) in [4.78, 5) is 29.7. The molecule has 0 aromatic heterocycles. The van der Waals surface area contributed by atoms with E-state index in [0.29, 0.717) is 37.2 Å². The van der Waals surface area contributed by atoms with Gasteiger partial charge >= 0.3 is 0 Å². The SMILES string of the molecule is Cc1cc([C@H]2C[C@H](C(=O)NCCN(C)C)CN(C(=O)c3ccccc3)C2)ccc1F. The van der Waals surface area contributed by atoms with Crippen LogP contribution < -0.4 is 5.32 Å². The number of aryl methyl sites for hydroxylation is 1. The lowest BCUT2D eigenvalue weighted by Gasteiger charge is -2.37. The van der Waals surface area contributed by atoms with Gasteiger partial charge in [0, 0.05) is 37.7 Å². The number of likely N-dealkylation sites (tertiary alicyclic amines) is 1. The molecule has 0 radical (unpaired) electrons. The quantitative estimate of drug-likeness (QED) is 0.795. The molecule has 2 amide bonds. The summed E-state index contributed by atoms with van der Waals surface area (Å²) in [5, 5.41) is 3.00. The second kappa shape index (κ2) is 9.85. The van der Waals surface area contributed by atoms with Crippen molar-refractivity contribution in [2.75, 3.05) is 40.3 Å². The third kappa shape index (κ3) is 5.45. The molecule has 0 bridgehead atoms. The highest BCUT2D eigenvalue weighted by Crippen LogP contribution is 2.32. The van der Waals surface area contributed by atoms with Gasteiger partial charge in [0.1, 0.15) is 5.82 Å². The maximum absolute atomic E-state index is 13.8. The fourth-order valence-corrected chi connectivity index (χ4v) is 3.93. The summed E-state index contributed by atoms with van der Waals surface area (Å²) in [7, 11) is 3.92. The summed E-state index contributed by atoms with van der Waals surface area (Å²) in [6, 6.07) is 14.2. The van der Waals surface area contributed by atoms with Gasteiger partial charge in [0.2, 0.25) is 5.91 Å². The van der Waals surface area contributed by atoms with Crippen molar-refractivity contribution in [3.63, 3.8) is 0 Å². The van der Waals surface area contributed by atoms with E-state index in [9.17, 15) is 14.0 Å². The average Bonchev–Trinajstić information content (AvgIpc) is 2.75. The van der Waals surface area contributed by atoms with E-state index in [4.69, 9.17) is 0 Å². The lowest BCUT2D eigenvalue weighted by atomic mass is 9.83. The van der Waals surface area contributed by atoms with Crippen LogP contribution in [0, 0.1) is 18.7 Å². The van der Waals surface area contributed by atoms with E-state index in [0.717, 1.165) is 12.1 Å². The minimum absolute atomic E-state index is 0.0182. The summed E-state index contributed by atoms with van der Waals surface area (Å²) in [6.45, 7) is 3.96. The fraction of sp³-hybridized carbons (Fsp3) is 0.417. The number of piperidine rings is 1. The highest BCUT2D eigenvalue weighted by Gasteiger charge is 2.35. The number of hydrogen-bond donors (Lipinski definition) is 1. The summed E-state index contributed by atoms with van der Waals surface area (Å²) in [5.41, 5.74) is 2.15. The first kappa shape index (κ1) is 22.0. The van der Waals surface area contributed by atoms with Gasteiger partial charge in [-0.2, -0.15) is 0 Å². The van der Waals surface area contributed by atoms with Crippen LogP contribution in [0.3, 0.4) is 0 Å². The maximum Gasteiger partial charge on any atom is 0.253 e. The molecule has 1 heterocycles. The molecule has 5 nitrogen and oxygen atoms in total. The van der Waals surface area contributed by atoms with E-state index in [1.165, 1.54) is 6.07 Å². The van der Waals surface area contributed by atoms with Crippen LogP contribution in [0.4, 0.5) is 4.39 Å². The minimum Gasteiger partial charge on any atom is -0.355 e. The molecule has 0 saturated carbocycles. The Morgan fingerprint density at radius 2 is 1.87 bits per heavy atom. The monoisotopic (exact) mass is 411 g/mol. The second-order valence-corrected chi connectivity index (χ2v) is 8.31. The van der Waals surface area contributed by atoms with E-state index in [1.807, 2.05) is 43.3 Å². The Hall–Kier alpha value is -2.73. The van der Waals surface area contributed by atoms with Crippen LogP contribution in [0.2, 0.25) is 0 Å². The molecule has 1 aliphatic heterocycles. The highest BCUT2D eigenvalue weighted by atomic mass is 19.1. The number of rotatable bonds is 6. The first-order chi connectivity index (χ1) is 14.3. The van der Waals surface area contributed by atoms with Crippen LogP contribution in [-0.4, -0.2) is 61.9 Å². The summed E-state index contributed by atoms with van der Waals surface area (Å²) in [5.74, 6) is -0.680. The molecule has 0 aliphatic carbocycles. The van der Waals surface area contributed by atoms with Crippen molar-refractivity contribution >= 4 is 11.8 Å². The number of benzene rings is 2. The molecule has 0 unspecified atom stereocenters. The number of carbonyl (C=O) groups excluding carboxylic acids is 2. The molecule has 1 N–H and O–H groups in total. The van der Waals surface area contributed by atoms with Crippen molar-refractivity contribution in [1.82, 2.24) is 15.1 Å². The topological polar surface area (TPSA) is 52.7 Å². The zero-order valence-corrected chi connectivity index (χ0v) is 17.9. The molecule has 1 fully saturated rings. The third-order valence-electron chi connectivity index (χ3n) is 5.64.